The molecule has 1 aromatic carbocycles. The van der Waals surface area contributed by atoms with Gasteiger partial charge in [0, 0.05) is 32.1 Å². The third-order valence-electron chi connectivity index (χ3n) is 4.24. The van der Waals surface area contributed by atoms with Gasteiger partial charge in [-0.15, -0.1) is 0 Å². The minimum atomic E-state index is 0.0991. The molecule has 1 amide bonds. The smallest absolute Gasteiger partial charge is 0.222 e. The SMILES string of the molecule is O=C(CCn1cncn1)NC1CCN(Cc2ccccc2)CC1. The molecule has 0 spiro atoms. The predicted octanol–water partition coefficient (Wildman–Crippen LogP) is 1.45. The Morgan fingerprint density at radius 3 is 2.70 bits per heavy atom. The largest absolute Gasteiger partial charge is 0.353 e. The number of carbonyl (C=O) groups excluding carboxylic acids is 1. The van der Waals surface area contributed by atoms with E-state index < -0.39 is 0 Å². The van der Waals surface area contributed by atoms with E-state index in [1.54, 1.807) is 11.0 Å². The van der Waals surface area contributed by atoms with Crippen molar-refractivity contribution in [2.24, 2.45) is 0 Å². The average molecular weight is 313 g/mol. The Bertz CT molecular complexity index is 591. The van der Waals surface area contributed by atoms with Crippen LogP contribution in [-0.2, 0) is 17.9 Å². The minimum absolute atomic E-state index is 0.0991. The highest BCUT2D eigenvalue weighted by Crippen LogP contribution is 2.14. The van der Waals surface area contributed by atoms with Gasteiger partial charge < -0.3 is 5.32 Å². The lowest BCUT2D eigenvalue weighted by atomic mass is 10.0. The summed E-state index contributed by atoms with van der Waals surface area (Å²) >= 11 is 0. The van der Waals surface area contributed by atoms with Crippen molar-refractivity contribution in [3.8, 4) is 0 Å². The second-order valence-corrected chi connectivity index (χ2v) is 6.01. The quantitative estimate of drug-likeness (QED) is 0.877. The fourth-order valence-corrected chi connectivity index (χ4v) is 2.94. The van der Waals surface area contributed by atoms with E-state index in [9.17, 15) is 4.79 Å². The summed E-state index contributed by atoms with van der Waals surface area (Å²) in [5.41, 5.74) is 1.35. The molecule has 2 heterocycles. The molecule has 6 nitrogen and oxygen atoms in total. The fraction of sp³-hybridized carbons (Fsp3) is 0.471. The lowest BCUT2D eigenvalue weighted by Gasteiger charge is -2.32. The van der Waals surface area contributed by atoms with E-state index in [2.05, 4.69) is 44.6 Å². The van der Waals surface area contributed by atoms with Crippen LogP contribution in [0.4, 0.5) is 0 Å². The molecule has 1 aromatic heterocycles. The van der Waals surface area contributed by atoms with Crippen LogP contribution in [0.2, 0.25) is 0 Å². The molecule has 0 atom stereocenters. The van der Waals surface area contributed by atoms with Crippen molar-refractivity contribution < 1.29 is 4.79 Å². The third-order valence-corrected chi connectivity index (χ3v) is 4.24. The molecule has 0 radical (unpaired) electrons. The Kier molecular flexibility index (Phi) is 5.37. The normalized spacial score (nSPS) is 16.3. The van der Waals surface area contributed by atoms with Gasteiger partial charge in [-0.25, -0.2) is 4.98 Å². The van der Waals surface area contributed by atoms with Gasteiger partial charge >= 0.3 is 0 Å². The van der Waals surface area contributed by atoms with Gasteiger partial charge in [-0.1, -0.05) is 30.3 Å². The summed E-state index contributed by atoms with van der Waals surface area (Å²) in [5, 5.41) is 7.14. The molecule has 1 aliphatic rings. The molecule has 0 aliphatic carbocycles. The number of likely N-dealkylation sites (tertiary alicyclic amines) is 1. The third kappa shape index (κ3) is 4.89. The highest BCUT2D eigenvalue weighted by Gasteiger charge is 2.20. The first-order valence-electron chi connectivity index (χ1n) is 8.17. The Hall–Kier alpha value is -2.21. The van der Waals surface area contributed by atoms with Crippen LogP contribution in [0.3, 0.4) is 0 Å². The zero-order valence-electron chi connectivity index (χ0n) is 13.3. The van der Waals surface area contributed by atoms with Crippen LogP contribution in [-0.4, -0.2) is 44.7 Å². The molecule has 1 saturated heterocycles. The van der Waals surface area contributed by atoms with Crippen LogP contribution in [0.25, 0.3) is 0 Å². The summed E-state index contributed by atoms with van der Waals surface area (Å²) < 4.78 is 1.68. The van der Waals surface area contributed by atoms with E-state index >= 15 is 0 Å². The number of hydrogen-bond donors (Lipinski definition) is 1. The Balaban J connectivity index is 1.36. The van der Waals surface area contributed by atoms with Gasteiger partial charge in [0.05, 0.1) is 6.54 Å². The number of piperidine rings is 1. The number of carbonyl (C=O) groups is 1. The summed E-state index contributed by atoms with van der Waals surface area (Å²) in [7, 11) is 0. The molecular formula is C17H23N5O. The summed E-state index contributed by atoms with van der Waals surface area (Å²) in [6.07, 6.45) is 5.60. The van der Waals surface area contributed by atoms with Crippen LogP contribution in [0.1, 0.15) is 24.8 Å². The highest BCUT2D eigenvalue weighted by atomic mass is 16.1. The molecule has 122 valence electrons. The molecular weight excluding hydrogens is 290 g/mol. The molecule has 3 rings (SSSR count). The maximum Gasteiger partial charge on any atom is 0.222 e. The second-order valence-electron chi connectivity index (χ2n) is 6.01. The van der Waals surface area contributed by atoms with E-state index in [1.165, 1.54) is 11.9 Å². The Labute approximate surface area is 136 Å². The Morgan fingerprint density at radius 2 is 2.00 bits per heavy atom. The number of benzene rings is 1. The van der Waals surface area contributed by atoms with Gasteiger partial charge in [0.1, 0.15) is 12.7 Å². The van der Waals surface area contributed by atoms with Crippen molar-refractivity contribution in [1.82, 2.24) is 25.0 Å². The zero-order chi connectivity index (χ0) is 15.9. The van der Waals surface area contributed by atoms with E-state index in [4.69, 9.17) is 0 Å². The predicted molar refractivity (Wildman–Crippen MR) is 87.5 cm³/mol. The number of nitrogens with one attached hydrogen (secondary N) is 1. The van der Waals surface area contributed by atoms with Crippen molar-refractivity contribution >= 4 is 5.91 Å². The standard InChI is InChI=1S/C17H23N5O/c23-17(8-11-22-14-18-13-19-22)20-16-6-9-21(10-7-16)12-15-4-2-1-3-5-15/h1-5,13-14,16H,6-12H2,(H,20,23). The van der Waals surface area contributed by atoms with Crippen LogP contribution >= 0.6 is 0 Å². The van der Waals surface area contributed by atoms with Gasteiger partial charge in [0.15, 0.2) is 0 Å². The van der Waals surface area contributed by atoms with Crippen molar-refractivity contribution in [2.45, 2.75) is 38.4 Å². The van der Waals surface area contributed by atoms with Crippen molar-refractivity contribution in [1.29, 1.82) is 0 Å². The number of aryl methyl sites for hydroxylation is 1. The Morgan fingerprint density at radius 1 is 1.22 bits per heavy atom. The monoisotopic (exact) mass is 313 g/mol. The lowest BCUT2D eigenvalue weighted by molar-refractivity contribution is -0.122. The van der Waals surface area contributed by atoms with E-state index in [-0.39, 0.29) is 5.91 Å². The molecule has 0 saturated carbocycles. The molecule has 0 unspecified atom stereocenters. The van der Waals surface area contributed by atoms with Gasteiger partial charge in [-0.2, -0.15) is 5.10 Å². The van der Waals surface area contributed by atoms with Gasteiger partial charge in [0.2, 0.25) is 5.91 Å². The number of amides is 1. The highest BCUT2D eigenvalue weighted by molar-refractivity contribution is 5.76. The maximum atomic E-state index is 12.0. The summed E-state index contributed by atoms with van der Waals surface area (Å²) in [4.78, 5) is 18.3. The second kappa shape index (κ2) is 7.87. The van der Waals surface area contributed by atoms with E-state index in [1.807, 2.05) is 6.07 Å². The first kappa shape index (κ1) is 15.7. The van der Waals surface area contributed by atoms with E-state index in [0.29, 0.717) is 19.0 Å². The van der Waals surface area contributed by atoms with Crippen molar-refractivity contribution in [3.63, 3.8) is 0 Å². The molecule has 0 bridgehead atoms. The van der Waals surface area contributed by atoms with Crippen LogP contribution < -0.4 is 5.32 Å². The molecule has 1 fully saturated rings. The molecule has 1 N–H and O–H groups in total. The molecule has 23 heavy (non-hydrogen) atoms. The lowest BCUT2D eigenvalue weighted by Crippen LogP contribution is -2.44. The maximum absolute atomic E-state index is 12.0. The fourth-order valence-electron chi connectivity index (χ4n) is 2.94. The topological polar surface area (TPSA) is 63.1 Å². The number of nitrogens with zero attached hydrogens (tertiary/aromatic N) is 4. The summed E-state index contributed by atoms with van der Waals surface area (Å²) in [5.74, 6) is 0.0991. The van der Waals surface area contributed by atoms with Crippen molar-refractivity contribution in [2.75, 3.05) is 13.1 Å². The molecule has 1 aliphatic heterocycles. The summed E-state index contributed by atoms with van der Waals surface area (Å²) in [6, 6.07) is 10.8. The number of hydrogen-bond acceptors (Lipinski definition) is 4. The number of rotatable bonds is 6. The van der Waals surface area contributed by atoms with Gasteiger partial charge in [-0.3, -0.25) is 14.4 Å². The summed E-state index contributed by atoms with van der Waals surface area (Å²) in [6.45, 7) is 3.64. The van der Waals surface area contributed by atoms with Crippen molar-refractivity contribution in [3.05, 3.63) is 48.5 Å². The molecule has 2 aromatic rings. The first-order valence-corrected chi connectivity index (χ1v) is 8.17. The zero-order valence-corrected chi connectivity index (χ0v) is 13.3. The van der Waals surface area contributed by atoms with Crippen LogP contribution in [0.15, 0.2) is 43.0 Å². The molecule has 6 heteroatoms. The van der Waals surface area contributed by atoms with E-state index in [0.717, 1.165) is 32.5 Å². The van der Waals surface area contributed by atoms with Crippen LogP contribution in [0.5, 0.6) is 0 Å². The first-order chi connectivity index (χ1) is 11.3. The van der Waals surface area contributed by atoms with Crippen LogP contribution in [0, 0.1) is 0 Å². The minimum Gasteiger partial charge on any atom is -0.353 e. The van der Waals surface area contributed by atoms with Gasteiger partial charge in [0.25, 0.3) is 0 Å². The number of aromatic nitrogens is 3. The van der Waals surface area contributed by atoms with Gasteiger partial charge in [-0.05, 0) is 18.4 Å². The average Bonchev–Trinajstić information content (AvgIpc) is 3.09.